The number of anilines is 2. The Kier molecular flexibility index (Phi) is 7.50. The largest absolute Gasteiger partial charge is 0.497 e. The van der Waals surface area contributed by atoms with Gasteiger partial charge in [-0.3, -0.25) is 9.59 Å². The highest BCUT2D eigenvalue weighted by atomic mass is 32.2. The Hall–Kier alpha value is -3.52. The van der Waals surface area contributed by atoms with Gasteiger partial charge in [0, 0.05) is 34.5 Å². The molecule has 0 unspecified atom stereocenters. The zero-order chi connectivity index (χ0) is 22.2. The molecular weight excluding hydrogens is 419 g/mol. The summed E-state index contributed by atoms with van der Waals surface area (Å²) in [6.45, 7) is 0. The van der Waals surface area contributed by atoms with E-state index in [4.69, 9.17) is 9.47 Å². The number of benzene rings is 3. The number of methoxy groups -OCH3 is 2. The molecule has 0 saturated carbocycles. The molecule has 6 nitrogen and oxygen atoms in total. The molecule has 0 radical (unpaired) electrons. The van der Waals surface area contributed by atoms with E-state index in [1.165, 1.54) is 44.2 Å². The molecule has 0 spiro atoms. The third kappa shape index (κ3) is 6.23. The maximum Gasteiger partial charge on any atom is 0.258 e. The van der Waals surface area contributed by atoms with Crippen LogP contribution in [0.4, 0.5) is 15.8 Å². The van der Waals surface area contributed by atoms with Gasteiger partial charge in [0.05, 0.1) is 25.5 Å². The van der Waals surface area contributed by atoms with Gasteiger partial charge in [0.1, 0.15) is 17.3 Å². The summed E-state index contributed by atoms with van der Waals surface area (Å²) in [6, 6.07) is 17.9. The van der Waals surface area contributed by atoms with E-state index in [2.05, 4.69) is 10.6 Å². The topological polar surface area (TPSA) is 76.7 Å². The highest BCUT2D eigenvalue weighted by Crippen LogP contribution is 2.27. The van der Waals surface area contributed by atoms with Gasteiger partial charge in [-0.2, -0.15) is 0 Å². The minimum atomic E-state index is -0.587. The van der Waals surface area contributed by atoms with E-state index < -0.39 is 11.7 Å². The molecule has 160 valence electrons. The van der Waals surface area contributed by atoms with Crippen LogP contribution in [-0.2, 0) is 4.79 Å². The average Bonchev–Trinajstić information content (AvgIpc) is 2.78. The van der Waals surface area contributed by atoms with Crippen molar-refractivity contribution in [1.29, 1.82) is 0 Å². The zero-order valence-corrected chi connectivity index (χ0v) is 17.8. The van der Waals surface area contributed by atoms with Crippen molar-refractivity contribution in [3.63, 3.8) is 0 Å². The number of carbonyl (C=O) groups excluding carboxylic acids is 2. The minimum absolute atomic E-state index is 0.0337. The molecule has 31 heavy (non-hydrogen) atoms. The predicted octanol–water partition coefficient (Wildman–Crippen LogP) is 4.83. The van der Waals surface area contributed by atoms with Crippen LogP contribution in [0, 0.1) is 5.82 Å². The molecule has 0 heterocycles. The van der Waals surface area contributed by atoms with Crippen LogP contribution in [0.1, 0.15) is 10.4 Å². The van der Waals surface area contributed by atoms with Crippen LogP contribution in [0.5, 0.6) is 11.5 Å². The molecule has 0 aromatic heterocycles. The van der Waals surface area contributed by atoms with Crippen molar-refractivity contribution in [3.8, 4) is 11.5 Å². The maximum atomic E-state index is 13.8. The molecule has 0 aliphatic rings. The lowest BCUT2D eigenvalue weighted by Crippen LogP contribution is -2.14. The van der Waals surface area contributed by atoms with Crippen molar-refractivity contribution >= 4 is 35.0 Å². The fourth-order valence-corrected chi connectivity index (χ4v) is 3.49. The van der Waals surface area contributed by atoms with E-state index in [1.54, 1.807) is 42.5 Å². The van der Waals surface area contributed by atoms with Crippen molar-refractivity contribution in [2.24, 2.45) is 0 Å². The van der Waals surface area contributed by atoms with Crippen molar-refractivity contribution in [2.45, 2.75) is 4.90 Å². The predicted molar refractivity (Wildman–Crippen MR) is 120 cm³/mol. The Morgan fingerprint density at radius 1 is 0.871 bits per heavy atom. The van der Waals surface area contributed by atoms with Gasteiger partial charge in [0.2, 0.25) is 5.91 Å². The smallest absolute Gasteiger partial charge is 0.258 e. The van der Waals surface area contributed by atoms with Gasteiger partial charge in [-0.15, -0.1) is 11.8 Å². The lowest BCUT2D eigenvalue weighted by Gasteiger charge is -2.10. The third-order valence-electron chi connectivity index (χ3n) is 4.22. The standard InChI is InChI=1S/C23H21FN2O4S/c1-29-17-10-16(11-18(13-17)30-2)25-22(27)14-31-19-7-5-6-15(12-19)26-23(28)20-8-3-4-9-21(20)24/h3-13H,14H2,1-2H3,(H,25,27)(H,26,28). The molecule has 0 atom stereocenters. The van der Waals surface area contributed by atoms with Crippen LogP contribution in [0.3, 0.4) is 0 Å². The first-order valence-electron chi connectivity index (χ1n) is 9.30. The van der Waals surface area contributed by atoms with Crippen LogP contribution in [0.2, 0.25) is 0 Å². The number of nitrogens with one attached hydrogen (secondary N) is 2. The second-order valence-corrected chi connectivity index (χ2v) is 7.45. The molecule has 0 fully saturated rings. The lowest BCUT2D eigenvalue weighted by molar-refractivity contribution is -0.113. The summed E-state index contributed by atoms with van der Waals surface area (Å²) in [5.41, 5.74) is 1.04. The van der Waals surface area contributed by atoms with E-state index in [9.17, 15) is 14.0 Å². The van der Waals surface area contributed by atoms with Gasteiger partial charge < -0.3 is 20.1 Å². The van der Waals surface area contributed by atoms with Crippen molar-refractivity contribution in [1.82, 2.24) is 0 Å². The number of halogens is 1. The van der Waals surface area contributed by atoms with E-state index in [0.717, 1.165) is 4.90 Å². The monoisotopic (exact) mass is 440 g/mol. The first kappa shape index (κ1) is 22.2. The van der Waals surface area contributed by atoms with E-state index in [1.807, 2.05) is 6.07 Å². The fraction of sp³-hybridized carbons (Fsp3) is 0.130. The van der Waals surface area contributed by atoms with Crippen LogP contribution in [0.25, 0.3) is 0 Å². The Morgan fingerprint density at radius 3 is 2.26 bits per heavy atom. The van der Waals surface area contributed by atoms with Crippen LogP contribution in [-0.4, -0.2) is 31.8 Å². The van der Waals surface area contributed by atoms with Gasteiger partial charge in [-0.05, 0) is 30.3 Å². The van der Waals surface area contributed by atoms with E-state index in [0.29, 0.717) is 22.9 Å². The van der Waals surface area contributed by atoms with Crippen molar-refractivity contribution in [2.75, 3.05) is 30.6 Å². The van der Waals surface area contributed by atoms with Crippen molar-refractivity contribution < 1.29 is 23.5 Å². The second-order valence-electron chi connectivity index (χ2n) is 6.40. The summed E-state index contributed by atoms with van der Waals surface area (Å²) < 4.78 is 24.2. The first-order valence-corrected chi connectivity index (χ1v) is 10.3. The number of hydrogen-bond acceptors (Lipinski definition) is 5. The number of ether oxygens (including phenoxy) is 2. The molecule has 0 aliphatic carbocycles. The highest BCUT2D eigenvalue weighted by molar-refractivity contribution is 8.00. The first-order chi connectivity index (χ1) is 15.0. The summed E-state index contributed by atoms with van der Waals surface area (Å²) in [7, 11) is 3.07. The summed E-state index contributed by atoms with van der Waals surface area (Å²) in [6.07, 6.45) is 0. The molecule has 0 saturated heterocycles. The Balaban J connectivity index is 1.59. The molecular formula is C23H21FN2O4S. The van der Waals surface area contributed by atoms with Crippen LogP contribution in [0.15, 0.2) is 71.6 Å². The molecule has 2 N–H and O–H groups in total. The van der Waals surface area contributed by atoms with Gasteiger partial charge in [0.15, 0.2) is 0 Å². The maximum absolute atomic E-state index is 13.8. The molecule has 3 aromatic rings. The molecule has 0 aliphatic heterocycles. The van der Waals surface area contributed by atoms with Crippen LogP contribution < -0.4 is 20.1 Å². The second kappa shape index (κ2) is 10.5. The van der Waals surface area contributed by atoms with E-state index >= 15 is 0 Å². The number of carbonyl (C=O) groups is 2. The van der Waals surface area contributed by atoms with Gasteiger partial charge in [-0.1, -0.05) is 18.2 Å². The van der Waals surface area contributed by atoms with Gasteiger partial charge in [-0.25, -0.2) is 4.39 Å². The molecule has 8 heteroatoms. The minimum Gasteiger partial charge on any atom is -0.497 e. The number of thioether (sulfide) groups is 1. The average molecular weight is 440 g/mol. The summed E-state index contributed by atoms with van der Waals surface area (Å²) in [5, 5.41) is 5.48. The Bertz CT molecular complexity index is 1070. The van der Waals surface area contributed by atoms with Gasteiger partial charge in [0.25, 0.3) is 5.91 Å². The SMILES string of the molecule is COc1cc(NC(=O)CSc2cccc(NC(=O)c3ccccc3F)c2)cc(OC)c1. The van der Waals surface area contributed by atoms with Gasteiger partial charge >= 0.3 is 0 Å². The molecule has 0 bridgehead atoms. The quantitative estimate of drug-likeness (QED) is 0.491. The van der Waals surface area contributed by atoms with Crippen LogP contribution >= 0.6 is 11.8 Å². The number of hydrogen-bond donors (Lipinski definition) is 2. The molecule has 2 amide bonds. The molecule has 3 aromatic carbocycles. The lowest BCUT2D eigenvalue weighted by atomic mass is 10.2. The summed E-state index contributed by atoms with van der Waals surface area (Å²) >= 11 is 1.31. The van der Waals surface area contributed by atoms with Crippen molar-refractivity contribution in [3.05, 3.63) is 78.1 Å². The fourth-order valence-electron chi connectivity index (χ4n) is 2.73. The normalized spacial score (nSPS) is 10.3. The highest BCUT2D eigenvalue weighted by Gasteiger charge is 2.12. The Morgan fingerprint density at radius 2 is 1.58 bits per heavy atom. The van der Waals surface area contributed by atoms with E-state index in [-0.39, 0.29) is 17.2 Å². The summed E-state index contributed by atoms with van der Waals surface area (Å²) in [5.74, 6) is -0.0341. The third-order valence-corrected chi connectivity index (χ3v) is 5.21. The summed E-state index contributed by atoms with van der Waals surface area (Å²) in [4.78, 5) is 25.4. The number of amides is 2. The molecule has 3 rings (SSSR count). The Labute approximate surface area is 183 Å². The number of rotatable bonds is 8. The zero-order valence-electron chi connectivity index (χ0n) is 17.0.